The molecule has 3 heteroatoms. The molecule has 2 aromatic carbocycles. The van der Waals surface area contributed by atoms with Crippen molar-refractivity contribution in [2.75, 3.05) is 13.2 Å². The maximum atomic E-state index is 10.6. The second kappa shape index (κ2) is 7.70. The summed E-state index contributed by atoms with van der Waals surface area (Å²) in [4.78, 5) is 0. The Hall–Kier alpha value is -2.00. The molecule has 1 N–H and O–H groups in total. The van der Waals surface area contributed by atoms with Gasteiger partial charge in [-0.3, -0.25) is 0 Å². The molecule has 0 spiro atoms. The Labute approximate surface area is 126 Å². The lowest BCUT2D eigenvalue weighted by atomic mass is 10.0. The van der Waals surface area contributed by atoms with E-state index in [9.17, 15) is 5.11 Å². The lowest BCUT2D eigenvalue weighted by Gasteiger charge is -2.16. The summed E-state index contributed by atoms with van der Waals surface area (Å²) in [5.74, 6) is 1.50. The molecular weight excluding hydrogens is 264 g/mol. The first-order valence-corrected chi connectivity index (χ1v) is 7.38. The number of hydrogen-bond donors (Lipinski definition) is 1. The fraction of sp³-hybridized carbons (Fsp3) is 0.333. The highest BCUT2D eigenvalue weighted by Crippen LogP contribution is 2.31. The number of aliphatic hydroxyl groups is 1. The van der Waals surface area contributed by atoms with E-state index in [0.29, 0.717) is 19.0 Å². The van der Waals surface area contributed by atoms with Crippen LogP contribution in [0.5, 0.6) is 11.5 Å². The predicted molar refractivity (Wildman–Crippen MR) is 83.9 cm³/mol. The van der Waals surface area contributed by atoms with Crippen molar-refractivity contribution in [1.29, 1.82) is 0 Å². The first kappa shape index (κ1) is 15.4. The summed E-state index contributed by atoms with van der Waals surface area (Å²) in [5.41, 5.74) is 1.57. The van der Waals surface area contributed by atoms with E-state index in [1.165, 1.54) is 0 Å². The molecule has 2 rings (SSSR count). The summed E-state index contributed by atoms with van der Waals surface area (Å²) in [6, 6.07) is 15.1. The van der Waals surface area contributed by atoms with Crippen LogP contribution in [0.1, 0.15) is 37.5 Å². The quantitative estimate of drug-likeness (QED) is 0.837. The molecule has 0 saturated heterocycles. The summed E-state index contributed by atoms with van der Waals surface area (Å²) < 4.78 is 11.2. The molecule has 0 aliphatic carbocycles. The van der Waals surface area contributed by atoms with Crippen LogP contribution in [0.2, 0.25) is 0 Å². The van der Waals surface area contributed by atoms with Crippen LogP contribution >= 0.6 is 0 Å². The van der Waals surface area contributed by atoms with E-state index in [-0.39, 0.29) is 0 Å². The maximum Gasteiger partial charge on any atom is 0.125 e. The van der Waals surface area contributed by atoms with Crippen LogP contribution in [0.15, 0.2) is 48.5 Å². The molecule has 0 radical (unpaired) electrons. The predicted octanol–water partition coefficient (Wildman–Crippen LogP) is 3.96. The largest absolute Gasteiger partial charge is 0.494 e. The molecular formula is C18H22O3. The number of aliphatic hydroxyl groups excluding tert-OH is 1. The van der Waals surface area contributed by atoms with E-state index < -0.39 is 6.10 Å². The van der Waals surface area contributed by atoms with Crippen molar-refractivity contribution in [2.45, 2.75) is 26.4 Å². The van der Waals surface area contributed by atoms with E-state index in [4.69, 9.17) is 9.47 Å². The zero-order valence-corrected chi connectivity index (χ0v) is 12.6. The minimum atomic E-state index is -0.724. The molecule has 0 bridgehead atoms. The second-order valence-corrected chi connectivity index (χ2v) is 4.79. The number of benzene rings is 2. The zero-order chi connectivity index (χ0) is 15.1. The van der Waals surface area contributed by atoms with Gasteiger partial charge < -0.3 is 14.6 Å². The molecule has 1 atom stereocenters. The van der Waals surface area contributed by atoms with Crippen molar-refractivity contribution in [3.05, 3.63) is 59.7 Å². The van der Waals surface area contributed by atoms with Crippen LogP contribution < -0.4 is 9.47 Å². The first-order chi connectivity index (χ1) is 10.3. The van der Waals surface area contributed by atoms with Gasteiger partial charge in [0, 0.05) is 5.56 Å². The van der Waals surface area contributed by atoms with E-state index in [0.717, 1.165) is 23.3 Å². The SMILES string of the molecule is CCCOc1cccc(C(O)c2ccccc2OCC)c1. The van der Waals surface area contributed by atoms with Crippen molar-refractivity contribution in [3.8, 4) is 11.5 Å². The smallest absolute Gasteiger partial charge is 0.125 e. The molecule has 2 aromatic rings. The number of rotatable bonds is 7. The van der Waals surface area contributed by atoms with Crippen LogP contribution in [0.4, 0.5) is 0 Å². The minimum Gasteiger partial charge on any atom is -0.494 e. The summed E-state index contributed by atoms with van der Waals surface area (Å²) in [7, 11) is 0. The molecule has 1 unspecified atom stereocenters. The van der Waals surface area contributed by atoms with Gasteiger partial charge in [-0.05, 0) is 37.1 Å². The third-order valence-corrected chi connectivity index (χ3v) is 3.16. The Kier molecular flexibility index (Phi) is 5.64. The van der Waals surface area contributed by atoms with Crippen molar-refractivity contribution in [1.82, 2.24) is 0 Å². The molecule has 21 heavy (non-hydrogen) atoms. The third kappa shape index (κ3) is 3.99. The molecule has 3 nitrogen and oxygen atoms in total. The van der Waals surface area contributed by atoms with Gasteiger partial charge in [-0.25, -0.2) is 0 Å². The Morgan fingerprint density at radius 2 is 1.81 bits per heavy atom. The van der Waals surface area contributed by atoms with Crippen LogP contribution in [0, 0.1) is 0 Å². The summed E-state index contributed by atoms with van der Waals surface area (Å²) in [6.07, 6.45) is 0.234. The number of ether oxygens (including phenoxy) is 2. The Morgan fingerprint density at radius 1 is 1.00 bits per heavy atom. The monoisotopic (exact) mass is 286 g/mol. The van der Waals surface area contributed by atoms with Crippen molar-refractivity contribution < 1.29 is 14.6 Å². The standard InChI is InChI=1S/C18H22O3/c1-3-12-21-15-9-7-8-14(13-15)18(19)16-10-5-6-11-17(16)20-4-2/h5-11,13,18-19H,3-4,12H2,1-2H3. The average molecular weight is 286 g/mol. The van der Waals surface area contributed by atoms with Crippen LogP contribution in [-0.2, 0) is 0 Å². The third-order valence-electron chi connectivity index (χ3n) is 3.16. The second-order valence-electron chi connectivity index (χ2n) is 4.79. The number of hydrogen-bond acceptors (Lipinski definition) is 3. The molecule has 0 fully saturated rings. The highest BCUT2D eigenvalue weighted by Gasteiger charge is 2.15. The lowest BCUT2D eigenvalue weighted by molar-refractivity contribution is 0.211. The normalized spacial score (nSPS) is 12.0. The lowest BCUT2D eigenvalue weighted by Crippen LogP contribution is -2.04. The van der Waals surface area contributed by atoms with Gasteiger partial charge in [0.1, 0.15) is 17.6 Å². The highest BCUT2D eigenvalue weighted by molar-refractivity contribution is 5.42. The maximum absolute atomic E-state index is 10.6. The van der Waals surface area contributed by atoms with Gasteiger partial charge in [0.05, 0.1) is 13.2 Å². The van der Waals surface area contributed by atoms with Crippen LogP contribution in [0.3, 0.4) is 0 Å². The number of para-hydroxylation sites is 1. The summed E-state index contributed by atoms with van der Waals surface area (Å²) >= 11 is 0. The van der Waals surface area contributed by atoms with E-state index in [1.807, 2.05) is 55.5 Å². The summed E-state index contributed by atoms with van der Waals surface area (Å²) in [6.45, 7) is 5.25. The Bertz CT molecular complexity index is 566. The first-order valence-electron chi connectivity index (χ1n) is 7.38. The van der Waals surface area contributed by atoms with Crippen LogP contribution in [-0.4, -0.2) is 18.3 Å². The van der Waals surface area contributed by atoms with Gasteiger partial charge in [-0.1, -0.05) is 37.3 Å². The van der Waals surface area contributed by atoms with E-state index in [2.05, 4.69) is 6.92 Å². The Morgan fingerprint density at radius 3 is 2.57 bits per heavy atom. The molecule has 0 saturated carbocycles. The Balaban J connectivity index is 2.25. The fourth-order valence-electron chi connectivity index (χ4n) is 2.17. The summed E-state index contributed by atoms with van der Waals surface area (Å²) in [5, 5.41) is 10.6. The zero-order valence-electron chi connectivity index (χ0n) is 12.6. The molecule has 0 aliphatic rings. The minimum absolute atomic E-state index is 0.573. The van der Waals surface area contributed by atoms with Gasteiger partial charge in [0.2, 0.25) is 0 Å². The van der Waals surface area contributed by atoms with Crippen molar-refractivity contribution in [2.24, 2.45) is 0 Å². The molecule has 0 heterocycles. The molecule has 112 valence electrons. The fourth-order valence-corrected chi connectivity index (χ4v) is 2.17. The van der Waals surface area contributed by atoms with Gasteiger partial charge >= 0.3 is 0 Å². The van der Waals surface area contributed by atoms with Gasteiger partial charge in [0.25, 0.3) is 0 Å². The van der Waals surface area contributed by atoms with Gasteiger partial charge in [-0.15, -0.1) is 0 Å². The van der Waals surface area contributed by atoms with E-state index in [1.54, 1.807) is 0 Å². The average Bonchev–Trinajstić information content (AvgIpc) is 2.53. The molecule has 0 aliphatic heterocycles. The van der Waals surface area contributed by atoms with Crippen molar-refractivity contribution >= 4 is 0 Å². The molecule has 0 amide bonds. The van der Waals surface area contributed by atoms with Gasteiger partial charge in [0.15, 0.2) is 0 Å². The topological polar surface area (TPSA) is 38.7 Å². The van der Waals surface area contributed by atoms with E-state index >= 15 is 0 Å². The van der Waals surface area contributed by atoms with Gasteiger partial charge in [-0.2, -0.15) is 0 Å². The van der Waals surface area contributed by atoms with Crippen molar-refractivity contribution in [3.63, 3.8) is 0 Å². The molecule has 0 aromatic heterocycles. The van der Waals surface area contributed by atoms with Crippen LogP contribution in [0.25, 0.3) is 0 Å². The highest BCUT2D eigenvalue weighted by atomic mass is 16.5.